The van der Waals surface area contributed by atoms with Crippen LogP contribution in [0.3, 0.4) is 0 Å². The number of hydrogen-bond acceptors (Lipinski definition) is 4. The highest BCUT2D eigenvalue weighted by Crippen LogP contribution is 2.28. The fraction of sp³-hybridized carbons (Fsp3) is 0.727. The van der Waals surface area contributed by atoms with Gasteiger partial charge in [-0.3, -0.25) is 4.79 Å². The zero-order valence-electron chi connectivity index (χ0n) is 8.95. The second-order valence-electron chi connectivity index (χ2n) is 3.29. The van der Waals surface area contributed by atoms with Gasteiger partial charge in [0.25, 0.3) is 0 Å². The lowest BCUT2D eigenvalue weighted by Gasteiger charge is -2.25. The fourth-order valence-corrected chi connectivity index (χ4v) is 1.53. The van der Waals surface area contributed by atoms with E-state index in [0.717, 1.165) is 0 Å². The summed E-state index contributed by atoms with van der Waals surface area (Å²) in [4.78, 5) is 11.3. The first-order valence-corrected chi connectivity index (χ1v) is 5.09. The molecule has 15 heavy (non-hydrogen) atoms. The third-order valence-corrected chi connectivity index (χ3v) is 2.18. The van der Waals surface area contributed by atoms with Crippen LogP contribution in [0.25, 0.3) is 0 Å². The molecule has 0 aromatic rings. The summed E-state index contributed by atoms with van der Waals surface area (Å²) in [5.74, 6) is 1.36. The van der Waals surface area contributed by atoms with Crippen LogP contribution < -0.4 is 0 Å². The fourth-order valence-electron chi connectivity index (χ4n) is 1.53. The van der Waals surface area contributed by atoms with Crippen molar-refractivity contribution in [1.29, 1.82) is 0 Å². The Morgan fingerprint density at radius 2 is 2.20 bits per heavy atom. The molecule has 0 saturated carbocycles. The Labute approximate surface area is 89.9 Å². The van der Waals surface area contributed by atoms with Crippen LogP contribution in [0.2, 0.25) is 0 Å². The third-order valence-electron chi connectivity index (χ3n) is 2.18. The quantitative estimate of drug-likeness (QED) is 0.505. The highest BCUT2D eigenvalue weighted by molar-refractivity contribution is 5.70. The predicted octanol–water partition coefficient (Wildman–Crippen LogP) is 1.10. The maximum absolute atomic E-state index is 11.3. The molecule has 1 aliphatic rings. The average Bonchev–Trinajstić information content (AvgIpc) is 2.64. The van der Waals surface area contributed by atoms with Crippen LogP contribution in [0, 0.1) is 12.3 Å². The molecule has 0 atom stereocenters. The largest absolute Gasteiger partial charge is 0.466 e. The SMILES string of the molecule is C#CCCC1(CC(=O)OCC)OCCO1. The normalized spacial score (nSPS) is 18.4. The molecule has 1 rings (SSSR count). The van der Waals surface area contributed by atoms with Crippen LogP contribution in [0.1, 0.15) is 26.2 Å². The number of hydrogen-bond donors (Lipinski definition) is 0. The van der Waals surface area contributed by atoms with E-state index >= 15 is 0 Å². The van der Waals surface area contributed by atoms with Gasteiger partial charge in [0.05, 0.1) is 26.2 Å². The second-order valence-corrected chi connectivity index (χ2v) is 3.29. The molecule has 1 fully saturated rings. The number of esters is 1. The third kappa shape index (κ3) is 3.54. The average molecular weight is 212 g/mol. The molecule has 1 saturated heterocycles. The molecule has 0 unspecified atom stereocenters. The van der Waals surface area contributed by atoms with Crippen molar-refractivity contribution in [1.82, 2.24) is 0 Å². The van der Waals surface area contributed by atoms with Gasteiger partial charge in [0.2, 0.25) is 0 Å². The van der Waals surface area contributed by atoms with Crippen LogP contribution in [0.4, 0.5) is 0 Å². The topological polar surface area (TPSA) is 44.8 Å². The minimum Gasteiger partial charge on any atom is -0.466 e. The van der Waals surface area contributed by atoms with Crippen LogP contribution in [-0.4, -0.2) is 31.6 Å². The van der Waals surface area contributed by atoms with Gasteiger partial charge in [-0.05, 0) is 6.92 Å². The zero-order valence-corrected chi connectivity index (χ0v) is 8.95. The van der Waals surface area contributed by atoms with E-state index in [0.29, 0.717) is 32.7 Å². The number of terminal acetylenes is 1. The molecule has 84 valence electrons. The Kier molecular flexibility index (Phi) is 4.60. The van der Waals surface area contributed by atoms with E-state index in [-0.39, 0.29) is 12.4 Å². The van der Waals surface area contributed by atoms with Crippen molar-refractivity contribution in [3.05, 3.63) is 0 Å². The van der Waals surface area contributed by atoms with E-state index in [1.165, 1.54) is 0 Å². The lowest BCUT2D eigenvalue weighted by atomic mass is 10.1. The van der Waals surface area contributed by atoms with Crippen molar-refractivity contribution in [2.24, 2.45) is 0 Å². The number of carbonyl (C=O) groups excluding carboxylic acids is 1. The van der Waals surface area contributed by atoms with Gasteiger partial charge in [0, 0.05) is 12.8 Å². The maximum atomic E-state index is 11.3. The van der Waals surface area contributed by atoms with E-state index in [1.807, 2.05) is 0 Å². The summed E-state index contributed by atoms with van der Waals surface area (Å²) in [6, 6.07) is 0. The Hall–Kier alpha value is -1.05. The maximum Gasteiger partial charge on any atom is 0.311 e. The lowest BCUT2D eigenvalue weighted by Crippen LogP contribution is -2.33. The molecule has 4 heteroatoms. The van der Waals surface area contributed by atoms with E-state index in [4.69, 9.17) is 20.6 Å². The summed E-state index contributed by atoms with van der Waals surface area (Å²) in [6.45, 7) is 3.14. The van der Waals surface area contributed by atoms with Gasteiger partial charge in [-0.1, -0.05) is 0 Å². The van der Waals surface area contributed by atoms with Crippen LogP contribution in [-0.2, 0) is 19.0 Å². The van der Waals surface area contributed by atoms with E-state index in [1.54, 1.807) is 6.92 Å². The Balaban J connectivity index is 2.49. The van der Waals surface area contributed by atoms with Gasteiger partial charge in [-0.15, -0.1) is 12.3 Å². The Morgan fingerprint density at radius 1 is 1.53 bits per heavy atom. The van der Waals surface area contributed by atoms with E-state index in [9.17, 15) is 4.79 Å². The first kappa shape index (κ1) is 12.0. The number of rotatable bonds is 5. The van der Waals surface area contributed by atoms with Crippen molar-refractivity contribution < 1.29 is 19.0 Å². The molecule has 1 heterocycles. The molecule has 4 nitrogen and oxygen atoms in total. The summed E-state index contributed by atoms with van der Waals surface area (Å²) in [5, 5.41) is 0. The minimum absolute atomic E-state index is 0.114. The van der Waals surface area contributed by atoms with Crippen LogP contribution >= 0.6 is 0 Å². The van der Waals surface area contributed by atoms with Crippen molar-refractivity contribution in [2.75, 3.05) is 19.8 Å². The summed E-state index contributed by atoms with van der Waals surface area (Å²) in [6.07, 6.45) is 6.35. The van der Waals surface area contributed by atoms with Gasteiger partial charge >= 0.3 is 5.97 Å². The first-order chi connectivity index (χ1) is 7.22. The number of ether oxygens (including phenoxy) is 3. The molecular weight excluding hydrogens is 196 g/mol. The second kappa shape index (κ2) is 5.74. The summed E-state index contributed by atoms with van der Waals surface area (Å²) in [7, 11) is 0. The molecule has 0 aromatic heterocycles. The molecule has 0 radical (unpaired) electrons. The molecule has 0 amide bonds. The van der Waals surface area contributed by atoms with Crippen molar-refractivity contribution >= 4 is 5.97 Å². The Bertz CT molecular complexity index is 248. The molecule has 0 spiro atoms. The minimum atomic E-state index is -0.849. The first-order valence-electron chi connectivity index (χ1n) is 5.09. The van der Waals surface area contributed by atoms with Crippen molar-refractivity contribution in [3.8, 4) is 12.3 Å². The van der Waals surface area contributed by atoms with E-state index < -0.39 is 5.79 Å². The lowest BCUT2D eigenvalue weighted by molar-refractivity contribution is -0.184. The zero-order chi connectivity index (χ0) is 11.1. The standard InChI is InChI=1S/C11H16O4/c1-3-5-6-11(14-7-8-15-11)9-10(12)13-4-2/h1H,4-9H2,2H3. The van der Waals surface area contributed by atoms with Gasteiger partial charge in [-0.2, -0.15) is 0 Å². The number of carbonyl (C=O) groups is 1. The molecular formula is C11H16O4. The van der Waals surface area contributed by atoms with E-state index in [2.05, 4.69) is 5.92 Å². The molecule has 1 aliphatic heterocycles. The van der Waals surface area contributed by atoms with Crippen LogP contribution in [0.15, 0.2) is 0 Å². The smallest absolute Gasteiger partial charge is 0.311 e. The van der Waals surface area contributed by atoms with Crippen molar-refractivity contribution in [2.45, 2.75) is 32.0 Å². The summed E-state index contributed by atoms with van der Waals surface area (Å²) in [5.41, 5.74) is 0. The molecule has 0 aliphatic carbocycles. The van der Waals surface area contributed by atoms with Crippen LogP contribution in [0.5, 0.6) is 0 Å². The Morgan fingerprint density at radius 3 is 2.73 bits per heavy atom. The monoisotopic (exact) mass is 212 g/mol. The highest BCUT2D eigenvalue weighted by Gasteiger charge is 2.38. The summed E-state index contributed by atoms with van der Waals surface area (Å²) >= 11 is 0. The van der Waals surface area contributed by atoms with Gasteiger partial charge in [0.15, 0.2) is 5.79 Å². The van der Waals surface area contributed by atoms with Gasteiger partial charge in [-0.25, -0.2) is 0 Å². The molecule has 0 N–H and O–H groups in total. The highest BCUT2D eigenvalue weighted by atomic mass is 16.7. The van der Waals surface area contributed by atoms with Gasteiger partial charge < -0.3 is 14.2 Å². The predicted molar refractivity (Wildman–Crippen MR) is 54.0 cm³/mol. The van der Waals surface area contributed by atoms with Crippen molar-refractivity contribution in [3.63, 3.8) is 0 Å². The summed E-state index contributed by atoms with van der Waals surface area (Å²) < 4.78 is 15.7. The molecule has 0 aromatic carbocycles. The van der Waals surface area contributed by atoms with Gasteiger partial charge in [0.1, 0.15) is 0 Å². The molecule has 0 bridgehead atoms.